The van der Waals surface area contributed by atoms with Crippen LogP contribution in [0.5, 0.6) is 11.5 Å². The lowest BCUT2D eigenvalue weighted by Crippen LogP contribution is -2.31. The average Bonchev–Trinajstić information content (AvgIpc) is 3.40. The highest BCUT2D eigenvalue weighted by Crippen LogP contribution is 2.36. The van der Waals surface area contributed by atoms with Gasteiger partial charge in [-0.1, -0.05) is 13.3 Å². The second-order valence-electron chi connectivity index (χ2n) is 5.87. The fraction of sp³-hybridized carbons (Fsp3) is 0.300. The van der Waals surface area contributed by atoms with Gasteiger partial charge in [0.25, 0.3) is 5.91 Å². The van der Waals surface area contributed by atoms with Crippen LogP contribution in [-0.4, -0.2) is 31.7 Å². The predicted molar refractivity (Wildman–Crippen MR) is 106 cm³/mol. The molecule has 0 aliphatic carbocycles. The third-order valence-electron chi connectivity index (χ3n) is 4.12. The second-order valence-corrected chi connectivity index (χ2v) is 6.71. The van der Waals surface area contributed by atoms with E-state index in [2.05, 4.69) is 6.92 Å². The summed E-state index contributed by atoms with van der Waals surface area (Å²) < 4.78 is 16.1. The summed E-state index contributed by atoms with van der Waals surface area (Å²) in [6.07, 6.45) is 3.35. The van der Waals surface area contributed by atoms with Crippen molar-refractivity contribution in [3.63, 3.8) is 0 Å². The van der Waals surface area contributed by atoms with E-state index in [4.69, 9.17) is 18.9 Å². The van der Waals surface area contributed by atoms with Gasteiger partial charge >= 0.3 is 0 Å². The van der Waals surface area contributed by atoms with Gasteiger partial charge in [-0.15, -0.1) is 11.3 Å². The third kappa shape index (κ3) is 4.14. The molecule has 0 bridgehead atoms. The number of aromatic nitrogens is 1. The van der Waals surface area contributed by atoms with Gasteiger partial charge in [-0.2, -0.15) is 0 Å². The predicted octanol–water partition coefficient (Wildman–Crippen LogP) is 4.87. The van der Waals surface area contributed by atoms with Gasteiger partial charge in [0.2, 0.25) is 0 Å². The molecule has 0 aliphatic rings. The molecule has 0 saturated carbocycles. The molecule has 1 aromatic carbocycles. The quantitative estimate of drug-likeness (QED) is 0.553. The molecule has 2 aromatic heterocycles. The first-order chi connectivity index (χ1) is 13.2. The molecule has 3 aromatic rings. The molecular formula is C20H22N2O4S. The van der Waals surface area contributed by atoms with Crippen LogP contribution in [0, 0.1) is 0 Å². The number of thiazole rings is 1. The van der Waals surface area contributed by atoms with Crippen LogP contribution in [0.1, 0.15) is 30.3 Å². The minimum atomic E-state index is -0.188. The average molecular weight is 386 g/mol. The van der Waals surface area contributed by atoms with Crippen molar-refractivity contribution in [2.45, 2.75) is 19.8 Å². The molecule has 0 atom stereocenters. The number of anilines is 1. The molecule has 7 heteroatoms. The molecule has 2 heterocycles. The number of hydrogen-bond donors (Lipinski definition) is 0. The summed E-state index contributed by atoms with van der Waals surface area (Å²) in [5.74, 6) is 1.54. The second kappa shape index (κ2) is 8.73. The van der Waals surface area contributed by atoms with Gasteiger partial charge in [0.05, 0.1) is 26.2 Å². The number of amides is 1. The number of hydrogen-bond acceptors (Lipinski definition) is 6. The number of carbonyl (C=O) groups excluding carboxylic acids is 1. The number of ether oxygens (including phenoxy) is 2. The number of benzene rings is 1. The van der Waals surface area contributed by atoms with E-state index in [1.165, 1.54) is 17.6 Å². The Labute approximate surface area is 162 Å². The van der Waals surface area contributed by atoms with Gasteiger partial charge in [-0.3, -0.25) is 9.69 Å². The molecular weight excluding hydrogens is 364 g/mol. The van der Waals surface area contributed by atoms with E-state index >= 15 is 0 Å². The zero-order valence-corrected chi connectivity index (χ0v) is 16.4. The highest BCUT2D eigenvalue weighted by molar-refractivity contribution is 7.14. The monoisotopic (exact) mass is 386 g/mol. The normalized spacial score (nSPS) is 10.6. The lowest BCUT2D eigenvalue weighted by molar-refractivity contribution is 0.0960. The van der Waals surface area contributed by atoms with Gasteiger partial charge < -0.3 is 13.9 Å². The fourth-order valence-corrected chi connectivity index (χ4v) is 3.51. The number of furan rings is 1. The van der Waals surface area contributed by atoms with Crippen LogP contribution < -0.4 is 14.4 Å². The van der Waals surface area contributed by atoms with Crippen LogP contribution in [0.15, 0.2) is 46.4 Å². The molecule has 0 spiro atoms. The summed E-state index contributed by atoms with van der Waals surface area (Å²) >= 11 is 1.42. The summed E-state index contributed by atoms with van der Waals surface area (Å²) in [5, 5.41) is 2.55. The van der Waals surface area contributed by atoms with Crippen molar-refractivity contribution in [1.82, 2.24) is 4.98 Å². The number of unbranched alkanes of at least 4 members (excludes halogenated alkanes) is 1. The maximum absolute atomic E-state index is 12.8. The van der Waals surface area contributed by atoms with Gasteiger partial charge in [-0.25, -0.2) is 4.98 Å². The van der Waals surface area contributed by atoms with Crippen LogP contribution in [0.2, 0.25) is 0 Å². The van der Waals surface area contributed by atoms with Gasteiger partial charge in [0.15, 0.2) is 10.9 Å². The molecule has 6 nitrogen and oxygen atoms in total. The van der Waals surface area contributed by atoms with Crippen LogP contribution in [0.25, 0.3) is 11.3 Å². The Hall–Kier alpha value is -2.80. The fourth-order valence-electron chi connectivity index (χ4n) is 2.66. The van der Waals surface area contributed by atoms with E-state index in [1.807, 2.05) is 23.6 Å². The number of methoxy groups -OCH3 is 2. The zero-order chi connectivity index (χ0) is 19.2. The van der Waals surface area contributed by atoms with Gasteiger partial charge in [0, 0.05) is 17.5 Å². The largest absolute Gasteiger partial charge is 0.497 e. The molecule has 0 radical (unpaired) electrons. The van der Waals surface area contributed by atoms with Crippen molar-refractivity contribution in [2.24, 2.45) is 0 Å². The smallest absolute Gasteiger partial charge is 0.295 e. The minimum Gasteiger partial charge on any atom is -0.497 e. The topological polar surface area (TPSA) is 64.8 Å². The SMILES string of the molecule is CCCCN(C(=O)c1ccco1)c1nc(-c2cc(OC)ccc2OC)cs1. The van der Waals surface area contributed by atoms with Gasteiger partial charge in [0.1, 0.15) is 11.5 Å². The molecule has 0 unspecified atom stereocenters. The van der Waals surface area contributed by atoms with E-state index in [-0.39, 0.29) is 5.91 Å². The Morgan fingerprint density at radius 3 is 2.78 bits per heavy atom. The van der Waals surface area contributed by atoms with E-state index < -0.39 is 0 Å². The van der Waals surface area contributed by atoms with Crippen molar-refractivity contribution in [2.75, 3.05) is 25.7 Å². The molecule has 1 amide bonds. The Morgan fingerprint density at radius 2 is 2.11 bits per heavy atom. The number of rotatable bonds is 8. The maximum atomic E-state index is 12.8. The highest BCUT2D eigenvalue weighted by Gasteiger charge is 2.23. The standard InChI is InChI=1S/C20H22N2O4S/c1-4-5-10-22(19(23)18-7-6-11-26-18)20-21-16(13-27-20)15-12-14(24-2)8-9-17(15)25-3/h6-9,11-13H,4-5,10H2,1-3H3. The molecule has 0 aliphatic heterocycles. The van der Waals surface area contributed by atoms with E-state index in [0.717, 1.165) is 29.8 Å². The summed E-state index contributed by atoms with van der Waals surface area (Å²) in [7, 11) is 3.24. The number of nitrogens with zero attached hydrogens (tertiary/aromatic N) is 2. The maximum Gasteiger partial charge on any atom is 0.295 e. The van der Waals surface area contributed by atoms with Crippen molar-refractivity contribution < 1.29 is 18.7 Å². The summed E-state index contributed by atoms with van der Waals surface area (Å²) in [6.45, 7) is 2.67. The summed E-state index contributed by atoms with van der Waals surface area (Å²) in [4.78, 5) is 19.2. The zero-order valence-electron chi connectivity index (χ0n) is 15.6. The van der Waals surface area contributed by atoms with Crippen molar-refractivity contribution in [3.8, 4) is 22.8 Å². The highest BCUT2D eigenvalue weighted by atomic mass is 32.1. The lowest BCUT2D eigenvalue weighted by atomic mass is 10.1. The third-order valence-corrected chi connectivity index (χ3v) is 4.98. The first kappa shape index (κ1) is 19.0. The Kier molecular flexibility index (Phi) is 6.13. The Bertz CT molecular complexity index is 889. The summed E-state index contributed by atoms with van der Waals surface area (Å²) in [6, 6.07) is 8.93. The molecule has 27 heavy (non-hydrogen) atoms. The van der Waals surface area contributed by atoms with E-state index in [1.54, 1.807) is 31.3 Å². The first-order valence-electron chi connectivity index (χ1n) is 8.71. The lowest BCUT2D eigenvalue weighted by Gasteiger charge is -2.18. The first-order valence-corrected chi connectivity index (χ1v) is 9.59. The Balaban J connectivity index is 1.95. The minimum absolute atomic E-state index is 0.188. The van der Waals surface area contributed by atoms with Crippen molar-refractivity contribution >= 4 is 22.4 Å². The molecule has 0 N–H and O–H groups in total. The molecule has 3 rings (SSSR count). The van der Waals surface area contributed by atoms with E-state index in [0.29, 0.717) is 23.2 Å². The number of carbonyl (C=O) groups is 1. The van der Waals surface area contributed by atoms with Crippen molar-refractivity contribution in [1.29, 1.82) is 0 Å². The Morgan fingerprint density at radius 1 is 1.26 bits per heavy atom. The van der Waals surface area contributed by atoms with Crippen LogP contribution in [0.3, 0.4) is 0 Å². The van der Waals surface area contributed by atoms with Crippen LogP contribution >= 0.6 is 11.3 Å². The molecule has 0 saturated heterocycles. The summed E-state index contributed by atoms with van der Waals surface area (Å²) in [5.41, 5.74) is 1.56. The van der Waals surface area contributed by atoms with Gasteiger partial charge in [-0.05, 0) is 36.8 Å². The van der Waals surface area contributed by atoms with Crippen LogP contribution in [0.4, 0.5) is 5.13 Å². The van der Waals surface area contributed by atoms with E-state index in [9.17, 15) is 4.79 Å². The molecule has 0 fully saturated rings. The molecule has 142 valence electrons. The van der Waals surface area contributed by atoms with Crippen LogP contribution in [-0.2, 0) is 0 Å². The van der Waals surface area contributed by atoms with Crippen molar-refractivity contribution in [3.05, 3.63) is 47.7 Å².